The van der Waals surface area contributed by atoms with Gasteiger partial charge in [-0.15, -0.1) is 0 Å². The minimum Gasteiger partial charge on any atom is -0.481 e. The molecule has 0 aliphatic carbocycles. The smallest absolute Gasteiger partial charge is 0.303 e. The monoisotopic (exact) mass is 224 g/mol. The van der Waals surface area contributed by atoms with Gasteiger partial charge in [-0.05, 0) is 6.92 Å². The van der Waals surface area contributed by atoms with E-state index in [4.69, 9.17) is 9.63 Å². The minimum absolute atomic E-state index is 0.0709. The van der Waals surface area contributed by atoms with E-state index < -0.39 is 5.97 Å². The zero-order valence-corrected chi connectivity index (χ0v) is 8.84. The van der Waals surface area contributed by atoms with Gasteiger partial charge in [0.1, 0.15) is 11.3 Å². The first-order chi connectivity index (χ1) is 7.58. The molecule has 0 spiro atoms. The van der Waals surface area contributed by atoms with Crippen molar-refractivity contribution in [1.29, 1.82) is 0 Å². The molecule has 0 radical (unpaired) electrons. The second-order valence-corrected chi connectivity index (χ2v) is 3.97. The van der Waals surface area contributed by atoms with Crippen LogP contribution in [0.5, 0.6) is 0 Å². The summed E-state index contributed by atoms with van der Waals surface area (Å²) in [6.07, 6.45) is 1.51. The predicted octanol–water partition coefficient (Wildman–Crippen LogP) is 0.530. The summed E-state index contributed by atoms with van der Waals surface area (Å²) < 4.78 is 4.80. The molecule has 1 fully saturated rings. The molecule has 0 aromatic carbocycles. The minimum atomic E-state index is -0.821. The van der Waals surface area contributed by atoms with Crippen LogP contribution >= 0.6 is 0 Å². The number of aryl methyl sites for hydroxylation is 1. The Morgan fingerprint density at radius 1 is 1.62 bits per heavy atom. The standard InChI is InChI=1S/C10H12N2O4/c1-6-8(3-11-16-6)10(15)12-4-7(5-12)2-9(13)14/h3,7H,2,4-5H2,1H3,(H,13,14). The number of aliphatic carboxylic acids is 1. The topological polar surface area (TPSA) is 83.6 Å². The van der Waals surface area contributed by atoms with E-state index in [9.17, 15) is 9.59 Å². The van der Waals surface area contributed by atoms with Crippen LogP contribution in [0, 0.1) is 12.8 Å². The molecule has 0 bridgehead atoms. The summed E-state index contributed by atoms with van der Waals surface area (Å²) in [7, 11) is 0. The molecular formula is C10H12N2O4. The van der Waals surface area contributed by atoms with Crippen LogP contribution in [0.15, 0.2) is 10.7 Å². The largest absolute Gasteiger partial charge is 0.481 e. The first-order valence-corrected chi connectivity index (χ1v) is 5.00. The average molecular weight is 224 g/mol. The summed E-state index contributed by atoms with van der Waals surface area (Å²) >= 11 is 0. The van der Waals surface area contributed by atoms with E-state index in [2.05, 4.69) is 5.16 Å². The number of carboxylic acid groups (broad SMARTS) is 1. The van der Waals surface area contributed by atoms with Crippen molar-refractivity contribution in [3.63, 3.8) is 0 Å². The Kier molecular flexibility index (Phi) is 2.64. The second kappa shape index (κ2) is 3.96. The lowest BCUT2D eigenvalue weighted by atomic mass is 9.95. The van der Waals surface area contributed by atoms with Crippen LogP contribution in [0.25, 0.3) is 0 Å². The van der Waals surface area contributed by atoms with E-state index in [0.29, 0.717) is 24.4 Å². The first-order valence-electron chi connectivity index (χ1n) is 5.00. The maximum absolute atomic E-state index is 11.8. The van der Waals surface area contributed by atoms with Gasteiger partial charge >= 0.3 is 5.97 Å². The lowest BCUT2D eigenvalue weighted by Crippen LogP contribution is -2.50. The molecule has 1 N–H and O–H groups in total. The van der Waals surface area contributed by atoms with E-state index in [1.54, 1.807) is 11.8 Å². The highest BCUT2D eigenvalue weighted by Gasteiger charge is 2.33. The number of carboxylic acids is 1. The van der Waals surface area contributed by atoms with E-state index in [-0.39, 0.29) is 18.2 Å². The molecule has 0 saturated carbocycles. The normalized spacial score (nSPS) is 15.9. The quantitative estimate of drug-likeness (QED) is 0.809. The van der Waals surface area contributed by atoms with E-state index in [1.165, 1.54) is 6.20 Å². The van der Waals surface area contributed by atoms with Gasteiger partial charge in [0.15, 0.2) is 0 Å². The number of carbonyl (C=O) groups is 2. The SMILES string of the molecule is Cc1oncc1C(=O)N1CC(CC(=O)O)C1. The lowest BCUT2D eigenvalue weighted by Gasteiger charge is -2.38. The van der Waals surface area contributed by atoms with Gasteiger partial charge in [-0.25, -0.2) is 0 Å². The number of aromatic nitrogens is 1. The number of rotatable bonds is 3. The molecular weight excluding hydrogens is 212 g/mol. The zero-order valence-electron chi connectivity index (χ0n) is 8.84. The maximum atomic E-state index is 11.8. The summed E-state index contributed by atoms with van der Waals surface area (Å²) in [6, 6.07) is 0. The fraction of sp³-hybridized carbons (Fsp3) is 0.500. The fourth-order valence-corrected chi connectivity index (χ4v) is 1.79. The Balaban J connectivity index is 1.91. The number of amides is 1. The fourth-order valence-electron chi connectivity index (χ4n) is 1.79. The number of likely N-dealkylation sites (tertiary alicyclic amines) is 1. The summed E-state index contributed by atoms with van der Waals surface area (Å²) in [5.41, 5.74) is 0.453. The molecule has 2 rings (SSSR count). The molecule has 1 aliphatic rings. The van der Waals surface area contributed by atoms with E-state index in [0.717, 1.165) is 0 Å². The molecule has 86 valence electrons. The molecule has 2 heterocycles. The van der Waals surface area contributed by atoms with Gasteiger partial charge in [0.25, 0.3) is 5.91 Å². The van der Waals surface area contributed by atoms with E-state index >= 15 is 0 Å². The molecule has 16 heavy (non-hydrogen) atoms. The van der Waals surface area contributed by atoms with Gasteiger partial charge in [-0.3, -0.25) is 9.59 Å². The summed E-state index contributed by atoms with van der Waals surface area (Å²) in [5.74, 6) is -0.396. The van der Waals surface area contributed by atoms with Crippen LogP contribution in [0.4, 0.5) is 0 Å². The molecule has 1 amide bonds. The van der Waals surface area contributed by atoms with Crippen molar-refractivity contribution in [3.05, 3.63) is 17.5 Å². The third-order valence-electron chi connectivity index (χ3n) is 2.69. The molecule has 1 aromatic rings. The van der Waals surface area contributed by atoms with Crippen molar-refractivity contribution in [2.24, 2.45) is 5.92 Å². The Morgan fingerprint density at radius 2 is 2.31 bits per heavy atom. The summed E-state index contributed by atoms with van der Waals surface area (Å²) in [5, 5.41) is 12.1. The van der Waals surface area contributed by atoms with Crippen LogP contribution in [0.2, 0.25) is 0 Å². The van der Waals surface area contributed by atoms with Gasteiger partial charge in [0.05, 0.1) is 12.6 Å². The van der Waals surface area contributed by atoms with Crippen molar-refractivity contribution in [3.8, 4) is 0 Å². The molecule has 1 aromatic heterocycles. The van der Waals surface area contributed by atoms with Gasteiger partial charge < -0.3 is 14.5 Å². The molecule has 6 heteroatoms. The van der Waals surface area contributed by atoms with Crippen molar-refractivity contribution in [1.82, 2.24) is 10.1 Å². The maximum Gasteiger partial charge on any atom is 0.303 e. The molecule has 1 saturated heterocycles. The zero-order chi connectivity index (χ0) is 11.7. The van der Waals surface area contributed by atoms with E-state index in [1.807, 2.05) is 0 Å². The van der Waals surface area contributed by atoms with Gasteiger partial charge in [-0.1, -0.05) is 5.16 Å². The van der Waals surface area contributed by atoms with Crippen molar-refractivity contribution in [2.45, 2.75) is 13.3 Å². The third kappa shape index (κ3) is 1.91. The second-order valence-electron chi connectivity index (χ2n) is 3.97. The summed E-state index contributed by atoms with van der Waals surface area (Å²) in [4.78, 5) is 23.9. The van der Waals surface area contributed by atoms with Crippen LogP contribution in [-0.2, 0) is 4.79 Å². The number of carbonyl (C=O) groups excluding carboxylic acids is 1. The third-order valence-corrected chi connectivity index (χ3v) is 2.69. The Bertz CT molecular complexity index is 420. The van der Waals surface area contributed by atoms with Crippen molar-refractivity contribution >= 4 is 11.9 Å². The molecule has 1 aliphatic heterocycles. The first kappa shape index (κ1) is 10.7. The van der Waals surface area contributed by atoms with Gasteiger partial charge in [-0.2, -0.15) is 0 Å². The van der Waals surface area contributed by atoms with Crippen LogP contribution in [0.1, 0.15) is 22.5 Å². The highest BCUT2D eigenvalue weighted by Crippen LogP contribution is 2.22. The van der Waals surface area contributed by atoms with Crippen LogP contribution in [-0.4, -0.2) is 40.1 Å². The number of hydrogen-bond donors (Lipinski definition) is 1. The number of nitrogens with zero attached hydrogens (tertiary/aromatic N) is 2. The molecule has 0 unspecified atom stereocenters. The van der Waals surface area contributed by atoms with Crippen molar-refractivity contribution < 1.29 is 19.2 Å². The van der Waals surface area contributed by atoms with Crippen molar-refractivity contribution in [2.75, 3.05) is 13.1 Å². The Labute approximate surface area is 91.8 Å². The van der Waals surface area contributed by atoms with Crippen LogP contribution < -0.4 is 0 Å². The highest BCUT2D eigenvalue weighted by atomic mass is 16.5. The Morgan fingerprint density at radius 3 is 2.81 bits per heavy atom. The average Bonchev–Trinajstić information content (AvgIpc) is 2.56. The van der Waals surface area contributed by atoms with Crippen LogP contribution in [0.3, 0.4) is 0 Å². The lowest BCUT2D eigenvalue weighted by molar-refractivity contribution is -0.139. The van der Waals surface area contributed by atoms with Gasteiger partial charge in [0, 0.05) is 19.0 Å². The van der Waals surface area contributed by atoms with Gasteiger partial charge in [0.2, 0.25) is 0 Å². The molecule has 6 nitrogen and oxygen atoms in total. The highest BCUT2D eigenvalue weighted by molar-refractivity contribution is 5.95. The predicted molar refractivity (Wildman–Crippen MR) is 52.9 cm³/mol. The molecule has 0 atom stereocenters. The number of hydrogen-bond acceptors (Lipinski definition) is 4. The Hall–Kier alpha value is -1.85. The summed E-state index contributed by atoms with van der Waals surface area (Å²) in [6.45, 7) is 2.67.